The summed E-state index contributed by atoms with van der Waals surface area (Å²) >= 11 is 12.5. The monoisotopic (exact) mass is 589 g/mol. The van der Waals surface area contributed by atoms with Gasteiger partial charge in [0.25, 0.3) is 10.0 Å². The van der Waals surface area contributed by atoms with Crippen LogP contribution in [0.3, 0.4) is 0 Å². The fourth-order valence-corrected chi connectivity index (χ4v) is 5.92. The first-order chi connectivity index (χ1) is 18.6. The summed E-state index contributed by atoms with van der Waals surface area (Å²) in [6.07, 6.45) is 1.08. The molecule has 2 amide bonds. The van der Waals surface area contributed by atoms with E-state index in [0.717, 1.165) is 21.9 Å². The topological polar surface area (TPSA) is 86.8 Å². The SMILES string of the molecule is CCCNC(=O)[C@H](CC)N(Cc1ccc(Cl)cc1)C(=O)CN(c1ccccc1Cl)S(=O)(=O)c1ccc(C)cc1. The van der Waals surface area contributed by atoms with Crippen molar-refractivity contribution in [3.8, 4) is 0 Å². The molecule has 0 unspecified atom stereocenters. The molecule has 0 bridgehead atoms. The van der Waals surface area contributed by atoms with Gasteiger partial charge in [0.2, 0.25) is 11.8 Å². The number of sulfonamides is 1. The van der Waals surface area contributed by atoms with Gasteiger partial charge in [0.1, 0.15) is 12.6 Å². The number of amides is 2. The standard InChI is InChI=1S/C29H33Cl2N3O4S/c1-4-18-32-29(36)26(5-2)33(19-22-12-14-23(30)15-13-22)28(35)20-34(27-9-7-6-8-25(27)31)39(37,38)24-16-10-21(3)11-17-24/h6-17,26H,4-5,18-20H2,1-3H3,(H,32,36)/t26-/m0/s1. The smallest absolute Gasteiger partial charge is 0.264 e. The predicted octanol–water partition coefficient (Wildman–Crippen LogP) is 5.83. The number of anilines is 1. The lowest BCUT2D eigenvalue weighted by atomic mass is 10.1. The zero-order chi connectivity index (χ0) is 28.6. The zero-order valence-electron chi connectivity index (χ0n) is 22.2. The molecular weight excluding hydrogens is 557 g/mol. The summed E-state index contributed by atoms with van der Waals surface area (Å²) in [6.45, 7) is 5.61. The number of halogens is 2. The van der Waals surface area contributed by atoms with E-state index in [2.05, 4.69) is 5.32 Å². The highest BCUT2D eigenvalue weighted by molar-refractivity contribution is 7.92. The minimum Gasteiger partial charge on any atom is -0.354 e. The molecule has 0 spiro atoms. The van der Waals surface area contributed by atoms with E-state index in [1.54, 1.807) is 60.7 Å². The molecule has 3 aromatic carbocycles. The summed E-state index contributed by atoms with van der Waals surface area (Å²) in [4.78, 5) is 28.5. The van der Waals surface area contributed by atoms with Crippen LogP contribution in [0.4, 0.5) is 5.69 Å². The van der Waals surface area contributed by atoms with Gasteiger partial charge >= 0.3 is 0 Å². The Kier molecular flexibility index (Phi) is 10.8. The van der Waals surface area contributed by atoms with Gasteiger partial charge in [0.05, 0.1) is 15.6 Å². The number of aryl methyl sites for hydroxylation is 1. The Bertz CT molecular complexity index is 1380. The highest BCUT2D eigenvalue weighted by Gasteiger charge is 2.34. The van der Waals surface area contributed by atoms with Crippen LogP contribution < -0.4 is 9.62 Å². The van der Waals surface area contributed by atoms with Gasteiger partial charge in [-0.15, -0.1) is 0 Å². The van der Waals surface area contributed by atoms with Gasteiger partial charge in [-0.05, 0) is 61.7 Å². The lowest BCUT2D eigenvalue weighted by Crippen LogP contribution is -2.52. The molecule has 39 heavy (non-hydrogen) atoms. The number of carbonyl (C=O) groups excluding carboxylic acids is 2. The van der Waals surface area contributed by atoms with Crippen molar-refractivity contribution in [2.24, 2.45) is 0 Å². The zero-order valence-corrected chi connectivity index (χ0v) is 24.6. The number of hydrogen-bond acceptors (Lipinski definition) is 4. The molecule has 1 N–H and O–H groups in total. The first-order valence-corrected chi connectivity index (χ1v) is 14.9. The van der Waals surface area contributed by atoms with Crippen molar-refractivity contribution in [2.45, 2.75) is 51.1 Å². The van der Waals surface area contributed by atoms with Crippen LogP contribution in [-0.4, -0.2) is 44.3 Å². The number of carbonyl (C=O) groups is 2. The molecule has 0 saturated heterocycles. The third-order valence-corrected chi connectivity index (χ3v) is 8.56. The van der Waals surface area contributed by atoms with Crippen LogP contribution in [0, 0.1) is 6.92 Å². The lowest BCUT2D eigenvalue weighted by molar-refractivity contribution is -0.140. The summed E-state index contributed by atoms with van der Waals surface area (Å²) in [7, 11) is -4.18. The molecule has 0 heterocycles. The van der Waals surface area contributed by atoms with Crippen LogP contribution in [0.2, 0.25) is 10.0 Å². The minimum absolute atomic E-state index is 0.0257. The van der Waals surface area contributed by atoms with Gasteiger partial charge in [-0.3, -0.25) is 13.9 Å². The first kappa shape index (κ1) is 30.5. The Hall–Kier alpha value is -3.07. The first-order valence-electron chi connectivity index (χ1n) is 12.7. The van der Waals surface area contributed by atoms with E-state index < -0.39 is 28.5 Å². The van der Waals surface area contributed by atoms with E-state index in [0.29, 0.717) is 18.0 Å². The maximum Gasteiger partial charge on any atom is 0.264 e. The van der Waals surface area contributed by atoms with Crippen molar-refractivity contribution in [1.82, 2.24) is 10.2 Å². The molecule has 0 aliphatic rings. The van der Waals surface area contributed by atoms with Crippen LogP contribution in [0.25, 0.3) is 0 Å². The van der Waals surface area contributed by atoms with Crippen LogP contribution in [-0.2, 0) is 26.2 Å². The van der Waals surface area contributed by atoms with Crippen molar-refractivity contribution in [2.75, 3.05) is 17.4 Å². The van der Waals surface area contributed by atoms with Crippen LogP contribution in [0.15, 0.2) is 77.7 Å². The third kappa shape index (κ3) is 7.75. The number of benzene rings is 3. The Balaban J connectivity index is 2.05. The molecule has 3 rings (SSSR count). The molecule has 0 radical (unpaired) electrons. The van der Waals surface area contributed by atoms with E-state index in [1.807, 2.05) is 20.8 Å². The molecule has 0 aliphatic carbocycles. The molecule has 3 aromatic rings. The molecule has 1 atom stereocenters. The van der Waals surface area contributed by atoms with Gasteiger partial charge in [-0.25, -0.2) is 8.42 Å². The van der Waals surface area contributed by atoms with Crippen molar-refractivity contribution in [1.29, 1.82) is 0 Å². The summed E-state index contributed by atoms with van der Waals surface area (Å²) < 4.78 is 28.7. The van der Waals surface area contributed by atoms with Crippen LogP contribution in [0.5, 0.6) is 0 Å². The van der Waals surface area contributed by atoms with Crippen LogP contribution >= 0.6 is 23.2 Å². The molecule has 0 aromatic heterocycles. The molecule has 0 fully saturated rings. The Morgan fingerprint density at radius 1 is 0.923 bits per heavy atom. The van der Waals surface area contributed by atoms with Crippen LogP contribution in [0.1, 0.15) is 37.8 Å². The van der Waals surface area contributed by atoms with Crippen molar-refractivity contribution in [3.05, 3.63) is 94.0 Å². The summed E-state index contributed by atoms with van der Waals surface area (Å²) in [5, 5.41) is 3.58. The lowest BCUT2D eigenvalue weighted by Gasteiger charge is -2.33. The largest absolute Gasteiger partial charge is 0.354 e. The second-order valence-electron chi connectivity index (χ2n) is 9.14. The fourth-order valence-electron chi connectivity index (χ4n) is 4.08. The predicted molar refractivity (Wildman–Crippen MR) is 157 cm³/mol. The quantitative estimate of drug-likeness (QED) is 0.288. The average Bonchev–Trinajstić information content (AvgIpc) is 2.92. The number of nitrogens with one attached hydrogen (secondary N) is 1. The average molecular weight is 591 g/mol. The molecule has 10 heteroatoms. The maximum absolute atomic E-state index is 14.0. The van der Waals surface area contributed by atoms with Gasteiger partial charge in [-0.1, -0.05) is 79.0 Å². The second-order valence-corrected chi connectivity index (χ2v) is 11.8. The summed E-state index contributed by atoms with van der Waals surface area (Å²) in [5.41, 5.74) is 1.82. The molecule has 7 nitrogen and oxygen atoms in total. The molecular formula is C29H33Cl2N3O4S. The van der Waals surface area contributed by atoms with E-state index >= 15 is 0 Å². The van der Waals surface area contributed by atoms with Crippen molar-refractivity contribution in [3.63, 3.8) is 0 Å². The normalized spacial score (nSPS) is 12.0. The minimum atomic E-state index is -4.18. The van der Waals surface area contributed by atoms with Crippen molar-refractivity contribution >= 4 is 50.7 Å². The molecule has 208 valence electrons. The Morgan fingerprint density at radius 3 is 2.15 bits per heavy atom. The summed E-state index contributed by atoms with van der Waals surface area (Å²) in [6, 6.07) is 19.0. The van der Waals surface area contributed by atoms with E-state index in [9.17, 15) is 18.0 Å². The van der Waals surface area contributed by atoms with E-state index in [1.165, 1.54) is 17.0 Å². The van der Waals surface area contributed by atoms with Gasteiger partial charge < -0.3 is 10.2 Å². The maximum atomic E-state index is 14.0. The number of nitrogens with zero attached hydrogens (tertiary/aromatic N) is 2. The van der Waals surface area contributed by atoms with Gasteiger partial charge in [-0.2, -0.15) is 0 Å². The summed E-state index contributed by atoms with van der Waals surface area (Å²) in [5.74, 6) is -0.841. The highest BCUT2D eigenvalue weighted by atomic mass is 35.5. The van der Waals surface area contributed by atoms with Crippen molar-refractivity contribution < 1.29 is 18.0 Å². The highest BCUT2D eigenvalue weighted by Crippen LogP contribution is 2.31. The molecule has 0 saturated carbocycles. The second kappa shape index (κ2) is 13.8. The van der Waals surface area contributed by atoms with E-state index in [-0.39, 0.29) is 28.1 Å². The fraction of sp³-hybridized carbons (Fsp3) is 0.310. The number of rotatable bonds is 12. The number of para-hydroxylation sites is 1. The molecule has 0 aliphatic heterocycles. The Labute approximate surface area is 240 Å². The number of hydrogen-bond donors (Lipinski definition) is 1. The third-order valence-electron chi connectivity index (χ3n) is 6.21. The van der Waals surface area contributed by atoms with Gasteiger partial charge in [0.15, 0.2) is 0 Å². The Morgan fingerprint density at radius 2 is 1.56 bits per heavy atom. The van der Waals surface area contributed by atoms with E-state index in [4.69, 9.17) is 23.2 Å². The van der Waals surface area contributed by atoms with Gasteiger partial charge in [0, 0.05) is 18.1 Å².